The number of aromatic nitrogens is 3. The Labute approximate surface area is 275 Å². The highest BCUT2D eigenvalue weighted by Gasteiger charge is 2.17. The van der Waals surface area contributed by atoms with Crippen molar-refractivity contribution in [3.05, 3.63) is 151 Å². The standard InChI is InChI=1S/C40H25N3S/c1-3-12-26(13-4-1)34-25-35(32-19-11-18-31-30-17-8-10-21-38(30)44-39(31)32)42-40(41-34)27-22-23-37-33(24-27)29-16-7-9-20-36(29)43(37)28-14-5-2-6-15-28/h1-25H/i2D,5D,6D,7D,9D,14D,15D,16D,20D,22D,23D,24D. The number of benzene rings is 6. The fraction of sp³-hybridized carbons (Fsp3) is 0. The molecule has 3 aromatic heterocycles. The van der Waals surface area contributed by atoms with E-state index in [1.807, 2.05) is 72.8 Å². The van der Waals surface area contributed by atoms with Gasteiger partial charge in [-0.2, -0.15) is 0 Å². The summed E-state index contributed by atoms with van der Waals surface area (Å²) in [6, 6.07) is 17.6. The van der Waals surface area contributed by atoms with Crippen LogP contribution in [0.3, 0.4) is 0 Å². The predicted octanol–water partition coefficient (Wildman–Crippen LogP) is 10.9. The van der Waals surface area contributed by atoms with E-state index < -0.39 is 78.2 Å². The Balaban J connectivity index is 1.43. The van der Waals surface area contributed by atoms with Crippen LogP contribution < -0.4 is 0 Å². The summed E-state index contributed by atoms with van der Waals surface area (Å²) in [5.41, 5.74) is 1.19. The molecule has 0 aliphatic heterocycles. The lowest BCUT2D eigenvalue weighted by atomic mass is 10.0. The van der Waals surface area contributed by atoms with Crippen LogP contribution in [-0.2, 0) is 0 Å². The van der Waals surface area contributed by atoms with Crippen LogP contribution in [0.4, 0.5) is 0 Å². The quantitative estimate of drug-likeness (QED) is 0.204. The van der Waals surface area contributed by atoms with Crippen molar-refractivity contribution in [2.45, 2.75) is 0 Å². The Morgan fingerprint density at radius 1 is 0.568 bits per heavy atom. The van der Waals surface area contributed by atoms with Crippen LogP contribution >= 0.6 is 11.3 Å². The molecule has 0 aliphatic rings. The van der Waals surface area contributed by atoms with E-state index in [9.17, 15) is 4.11 Å². The molecule has 0 fully saturated rings. The average molecular weight is 592 g/mol. The lowest BCUT2D eigenvalue weighted by Crippen LogP contribution is -1.96. The normalized spacial score (nSPS) is 15.5. The number of fused-ring (bicyclic) bond motifs is 6. The minimum absolute atomic E-state index is 0.0746. The number of para-hydroxylation sites is 2. The third kappa shape index (κ3) is 3.96. The summed E-state index contributed by atoms with van der Waals surface area (Å²) in [4.78, 5) is 9.80. The molecule has 44 heavy (non-hydrogen) atoms. The monoisotopic (exact) mass is 591 g/mol. The van der Waals surface area contributed by atoms with E-state index in [1.54, 1.807) is 11.3 Å². The lowest BCUT2D eigenvalue weighted by Gasteiger charge is -2.11. The van der Waals surface area contributed by atoms with Crippen LogP contribution in [0.15, 0.2) is 151 Å². The molecule has 3 heterocycles. The minimum atomic E-state index is -0.704. The van der Waals surface area contributed by atoms with Gasteiger partial charge in [-0.25, -0.2) is 9.97 Å². The van der Waals surface area contributed by atoms with Crippen molar-refractivity contribution in [2.24, 2.45) is 0 Å². The fourth-order valence-electron chi connectivity index (χ4n) is 5.61. The predicted molar refractivity (Wildman–Crippen MR) is 186 cm³/mol. The highest BCUT2D eigenvalue weighted by atomic mass is 32.1. The molecule has 0 spiro atoms. The molecule has 9 aromatic rings. The molecule has 0 amide bonds. The van der Waals surface area contributed by atoms with Crippen molar-refractivity contribution in [3.63, 3.8) is 0 Å². The van der Waals surface area contributed by atoms with Crippen LogP contribution in [0.25, 0.3) is 81.6 Å². The van der Waals surface area contributed by atoms with Crippen molar-refractivity contribution in [1.29, 1.82) is 0 Å². The maximum Gasteiger partial charge on any atom is 0.160 e. The van der Waals surface area contributed by atoms with E-state index in [4.69, 9.17) is 22.3 Å². The Morgan fingerprint density at radius 3 is 2.23 bits per heavy atom. The Morgan fingerprint density at radius 2 is 1.32 bits per heavy atom. The first-order valence-electron chi connectivity index (χ1n) is 19.8. The summed E-state index contributed by atoms with van der Waals surface area (Å²) in [6.45, 7) is 0. The van der Waals surface area contributed by atoms with Gasteiger partial charge in [0.1, 0.15) is 0 Å². The summed E-state index contributed by atoms with van der Waals surface area (Å²) < 4.78 is 109. The van der Waals surface area contributed by atoms with Crippen molar-refractivity contribution in [2.75, 3.05) is 0 Å². The number of hydrogen-bond acceptors (Lipinski definition) is 3. The van der Waals surface area contributed by atoms with Gasteiger partial charge in [-0.05, 0) is 48.4 Å². The third-order valence-electron chi connectivity index (χ3n) is 7.57. The summed E-state index contributed by atoms with van der Waals surface area (Å²) in [6.07, 6.45) is 0. The van der Waals surface area contributed by atoms with Gasteiger partial charge >= 0.3 is 0 Å². The molecule has 0 bridgehead atoms. The second-order valence-corrected chi connectivity index (χ2v) is 11.2. The first kappa shape index (κ1) is 15.8. The maximum atomic E-state index is 9.70. The topological polar surface area (TPSA) is 30.7 Å². The molecule has 0 saturated heterocycles. The van der Waals surface area contributed by atoms with Crippen LogP contribution in [0, 0.1) is 0 Å². The third-order valence-corrected chi connectivity index (χ3v) is 8.79. The molecule has 206 valence electrons. The number of hydrogen-bond donors (Lipinski definition) is 0. The van der Waals surface area contributed by atoms with E-state index >= 15 is 0 Å². The molecule has 0 radical (unpaired) electrons. The van der Waals surface area contributed by atoms with Gasteiger partial charge in [0, 0.05) is 53.3 Å². The number of rotatable bonds is 4. The zero-order valence-corrected chi connectivity index (χ0v) is 23.6. The summed E-state index contributed by atoms with van der Waals surface area (Å²) >= 11 is 1.60. The van der Waals surface area contributed by atoms with Crippen molar-refractivity contribution in [1.82, 2.24) is 14.5 Å². The number of thiophene rings is 1. The lowest BCUT2D eigenvalue weighted by molar-refractivity contribution is 1.17. The first-order chi connectivity index (χ1) is 26.8. The molecule has 0 atom stereocenters. The van der Waals surface area contributed by atoms with Gasteiger partial charge in [0.2, 0.25) is 0 Å². The Bertz CT molecular complexity index is 3150. The summed E-state index contributed by atoms with van der Waals surface area (Å²) in [5, 5.41) is 1.71. The molecule has 3 nitrogen and oxygen atoms in total. The Hall–Kier alpha value is -5.58. The highest BCUT2D eigenvalue weighted by Crippen LogP contribution is 2.41. The average Bonchev–Trinajstić information content (AvgIpc) is 3.77. The summed E-state index contributed by atoms with van der Waals surface area (Å²) in [7, 11) is 0. The van der Waals surface area contributed by atoms with Gasteiger partial charge in [-0.1, -0.05) is 103 Å². The van der Waals surface area contributed by atoms with Gasteiger partial charge in [-0.3, -0.25) is 0 Å². The first-order valence-corrected chi connectivity index (χ1v) is 14.6. The van der Waals surface area contributed by atoms with Gasteiger partial charge in [-0.15, -0.1) is 11.3 Å². The highest BCUT2D eigenvalue weighted by molar-refractivity contribution is 7.26. The number of nitrogens with zero attached hydrogens (tertiary/aromatic N) is 3. The molecule has 0 saturated carbocycles. The van der Waals surface area contributed by atoms with E-state index in [0.717, 1.165) is 35.9 Å². The molecule has 0 unspecified atom stereocenters. The zero-order chi connectivity index (χ0) is 39.5. The second kappa shape index (κ2) is 10.0. The van der Waals surface area contributed by atoms with E-state index in [-0.39, 0.29) is 33.2 Å². The van der Waals surface area contributed by atoms with Crippen LogP contribution in [-0.4, -0.2) is 14.5 Å². The van der Waals surface area contributed by atoms with Gasteiger partial charge in [0.05, 0.1) is 38.9 Å². The molecule has 0 aliphatic carbocycles. The zero-order valence-electron chi connectivity index (χ0n) is 34.8. The van der Waals surface area contributed by atoms with Crippen molar-refractivity contribution in [3.8, 4) is 39.6 Å². The summed E-state index contributed by atoms with van der Waals surface area (Å²) in [5.74, 6) is -0.0746. The molecule has 4 heteroatoms. The molecular formula is C40H25N3S. The van der Waals surface area contributed by atoms with Crippen molar-refractivity contribution >= 4 is 53.3 Å². The van der Waals surface area contributed by atoms with Crippen molar-refractivity contribution < 1.29 is 16.4 Å². The second-order valence-electron chi connectivity index (χ2n) is 10.1. The van der Waals surface area contributed by atoms with Crippen LogP contribution in [0.5, 0.6) is 0 Å². The van der Waals surface area contributed by atoms with Gasteiger partial charge in [0.25, 0.3) is 0 Å². The molecular weight excluding hydrogens is 555 g/mol. The Kier molecular flexibility index (Phi) is 3.59. The van der Waals surface area contributed by atoms with Gasteiger partial charge < -0.3 is 4.57 Å². The van der Waals surface area contributed by atoms with E-state index in [1.165, 1.54) is 0 Å². The largest absolute Gasteiger partial charge is 0.309 e. The van der Waals surface area contributed by atoms with Gasteiger partial charge in [0.15, 0.2) is 5.82 Å². The van der Waals surface area contributed by atoms with E-state index in [0.29, 0.717) is 11.4 Å². The molecule has 9 rings (SSSR count). The van der Waals surface area contributed by atoms with E-state index in [2.05, 4.69) is 6.07 Å². The smallest absolute Gasteiger partial charge is 0.160 e. The SMILES string of the molecule is [2H]c1c([2H])c([2H])c(-n2c3c([2H])c([2H])c([2H])c([2H])c3c3c([2H])c(-c4nc(-c5ccccc5)cc(-c5cccc6c5sc5ccccc56)n4)c([2H])c([2H])c32)c([2H])c1[2H]. The maximum absolute atomic E-state index is 9.70. The molecule has 0 N–H and O–H groups in total. The van der Waals surface area contributed by atoms with Crippen LogP contribution in [0.1, 0.15) is 16.4 Å². The molecule has 6 aromatic carbocycles. The van der Waals surface area contributed by atoms with Crippen LogP contribution in [0.2, 0.25) is 0 Å². The minimum Gasteiger partial charge on any atom is -0.309 e. The fourth-order valence-corrected chi connectivity index (χ4v) is 6.83.